The van der Waals surface area contributed by atoms with Crippen LogP contribution in [0.15, 0.2) is 0 Å². The molecule has 0 aromatic heterocycles. The molecular weight excluding hydrogens is 1070 g/mol. The van der Waals surface area contributed by atoms with E-state index in [4.69, 9.17) is 4.74 Å². The van der Waals surface area contributed by atoms with E-state index in [1.807, 2.05) is 0 Å². The topological polar surface area (TPSA) is 300 Å². The summed E-state index contributed by atoms with van der Waals surface area (Å²) in [5, 5.41) is 7.51. The molecule has 0 aromatic carbocycles. The highest BCUT2D eigenvalue weighted by molar-refractivity contribution is 5.99. The first-order valence-corrected chi connectivity index (χ1v) is 27.0. The van der Waals surface area contributed by atoms with Gasteiger partial charge in [0.15, 0.2) is 0 Å². The molecule has 3 aliphatic rings. The highest BCUT2D eigenvalue weighted by atomic mass is 19.3. The van der Waals surface area contributed by atoms with E-state index >= 15 is 0 Å². The molecule has 0 saturated carbocycles. The van der Waals surface area contributed by atoms with Gasteiger partial charge in [-0.2, -0.15) is 0 Å². The number of carbonyl (C=O) groups is 13. The molecule has 3 heterocycles. The van der Waals surface area contributed by atoms with Gasteiger partial charge in [0.2, 0.25) is 76.8 Å². The number of rotatable bonds is 8. The van der Waals surface area contributed by atoms with Crippen LogP contribution in [0.3, 0.4) is 0 Å². The third kappa shape index (κ3) is 18.5. The average molecular weight is 1150 g/mol. The van der Waals surface area contributed by atoms with Crippen molar-refractivity contribution in [2.45, 2.75) is 115 Å². The summed E-state index contributed by atoms with van der Waals surface area (Å²) in [5.41, 5.74) is 0. The molecule has 13 amide bonds. The normalized spacial score (nSPS) is 25.9. The summed E-state index contributed by atoms with van der Waals surface area (Å²) < 4.78 is 33.1. The maximum absolute atomic E-state index is 14.9. The zero-order valence-corrected chi connectivity index (χ0v) is 49.4. The number of methoxy groups -OCH3 is 1. The number of nitrogens with zero attached hydrogens (tertiary/aromatic N) is 10. The molecule has 0 bridgehead atoms. The van der Waals surface area contributed by atoms with Crippen molar-refractivity contribution in [3.05, 3.63) is 0 Å². The van der Waals surface area contributed by atoms with Crippen LogP contribution < -0.4 is 16.0 Å². The van der Waals surface area contributed by atoms with Crippen molar-refractivity contribution >= 4 is 76.8 Å². The van der Waals surface area contributed by atoms with Gasteiger partial charge in [0, 0.05) is 76.6 Å². The molecule has 456 valence electrons. The van der Waals surface area contributed by atoms with Crippen molar-refractivity contribution in [1.29, 1.82) is 0 Å². The molecule has 6 unspecified atom stereocenters. The van der Waals surface area contributed by atoms with Gasteiger partial charge in [-0.3, -0.25) is 62.3 Å². The van der Waals surface area contributed by atoms with Gasteiger partial charge in [0.25, 0.3) is 5.92 Å². The van der Waals surface area contributed by atoms with E-state index in [0.29, 0.717) is 32.4 Å². The second-order valence-electron chi connectivity index (χ2n) is 21.8. The Morgan fingerprint density at radius 1 is 0.630 bits per heavy atom. The number of hydrogen-bond donors (Lipinski definition) is 3. The Morgan fingerprint density at radius 2 is 1.16 bits per heavy atom. The van der Waals surface area contributed by atoms with Crippen LogP contribution in [0.2, 0.25) is 0 Å². The number of halogens is 2. The van der Waals surface area contributed by atoms with Crippen LogP contribution in [0.25, 0.3) is 0 Å². The SMILES string of the molecule is CC[C@H](C)C1NC(=O)C(C)N(C)C(=O)CC(C(=O)N2CCCCC2)N(C)C(=O)C(C(C)C)N(C)C(=O)C(COC)NC(=O)C(CC(=O)N2CC(F)(F)C2)N(C)C(=O)CNC(=O)CN(C)C(=O)CN(C)C(=O)CN(C)C(=O)CN(C)C1=O. The molecule has 0 radical (unpaired) electrons. The Labute approximate surface area is 472 Å². The van der Waals surface area contributed by atoms with Gasteiger partial charge in [-0.1, -0.05) is 34.1 Å². The molecule has 3 fully saturated rings. The molecule has 27 nitrogen and oxygen atoms in total. The molecule has 3 N–H and O–H groups in total. The number of carbonyl (C=O) groups excluding carboxylic acids is 13. The van der Waals surface area contributed by atoms with Crippen LogP contribution in [0.5, 0.6) is 0 Å². The highest BCUT2D eigenvalue weighted by Gasteiger charge is 2.48. The monoisotopic (exact) mass is 1150 g/mol. The van der Waals surface area contributed by atoms with Gasteiger partial charge in [-0.15, -0.1) is 0 Å². The quantitative estimate of drug-likeness (QED) is 0.217. The van der Waals surface area contributed by atoms with Gasteiger partial charge in [-0.05, 0) is 38.0 Å². The van der Waals surface area contributed by atoms with Crippen LogP contribution in [0.1, 0.15) is 73.1 Å². The second-order valence-corrected chi connectivity index (χ2v) is 21.8. The number of nitrogens with one attached hydrogen (secondary N) is 3. The van der Waals surface area contributed by atoms with Gasteiger partial charge in [0.05, 0.1) is 65.3 Å². The molecule has 7 atom stereocenters. The van der Waals surface area contributed by atoms with E-state index in [9.17, 15) is 71.1 Å². The van der Waals surface area contributed by atoms with E-state index in [1.54, 1.807) is 27.7 Å². The first-order valence-electron chi connectivity index (χ1n) is 27.0. The summed E-state index contributed by atoms with van der Waals surface area (Å²) in [6, 6.07) is -8.71. The van der Waals surface area contributed by atoms with Crippen molar-refractivity contribution < 1.29 is 75.8 Å². The molecule has 0 aliphatic carbocycles. The van der Waals surface area contributed by atoms with Gasteiger partial charge < -0.3 is 69.7 Å². The minimum atomic E-state index is -3.19. The smallest absolute Gasteiger partial charge is 0.282 e. The molecule has 29 heteroatoms. The molecule has 81 heavy (non-hydrogen) atoms. The molecule has 3 aliphatic heterocycles. The third-order valence-electron chi connectivity index (χ3n) is 15.2. The predicted octanol–water partition coefficient (Wildman–Crippen LogP) is -3.13. The number of alkyl halides is 2. The fourth-order valence-corrected chi connectivity index (χ4v) is 9.31. The van der Waals surface area contributed by atoms with Gasteiger partial charge >= 0.3 is 0 Å². The minimum Gasteiger partial charge on any atom is -0.382 e. The molecule has 0 spiro atoms. The van der Waals surface area contributed by atoms with Gasteiger partial charge in [-0.25, -0.2) is 8.78 Å². The summed E-state index contributed by atoms with van der Waals surface area (Å²) in [6.45, 7) is 3.28. The lowest BCUT2D eigenvalue weighted by Crippen LogP contribution is -2.62. The Bertz CT molecular complexity index is 2350. The molecule has 0 aromatic rings. The number of piperidine rings is 1. The predicted molar refractivity (Wildman–Crippen MR) is 287 cm³/mol. The fraction of sp³-hybridized carbons (Fsp3) is 0.750. The Morgan fingerprint density at radius 3 is 1.67 bits per heavy atom. The van der Waals surface area contributed by atoms with Crippen LogP contribution >= 0.6 is 0 Å². The summed E-state index contributed by atoms with van der Waals surface area (Å²) >= 11 is 0. The van der Waals surface area contributed by atoms with Crippen LogP contribution in [-0.2, 0) is 67.1 Å². The van der Waals surface area contributed by atoms with Crippen LogP contribution in [0.4, 0.5) is 8.78 Å². The Kier molecular flexibility index (Phi) is 25.4. The van der Waals surface area contributed by atoms with E-state index in [2.05, 4.69) is 16.0 Å². The largest absolute Gasteiger partial charge is 0.382 e. The maximum atomic E-state index is 14.9. The van der Waals surface area contributed by atoms with Crippen molar-refractivity contribution in [3.63, 3.8) is 0 Å². The summed E-state index contributed by atoms with van der Waals surface area (Å²) in [6.07, 6.45) is 1.05. The van der Waals surface area contributed by atoms with E-state index in [1.165, 1.54) is 68.3 Å². The van der Waals surface area contributed by atoms with E-state index in [-0.39, 0.29) is 0 Å². The number of amides is 13. The standard InChI is InChI=1S/C52H85F2N13O14/c1-15-32(4)44-50(79)61(9)27-43(74)60(8)26-42(73)59(7)25-41(72)58(6)24-37(68)55-23-40(71)63(11)35(21-39(70)67-29-52(53,54)30-67)47(76)56-34(28-81-14)48(77)65(13)45(31(2)3)51(80)64(12)36(49(78)66-19-17-16-18-20-66)22-38(69)62(10)33(5)46(75)57-44/h31-36,44-45H,15-30H2,1-14H3,(H,55,68)(H,56,76)(H,57,75)/t32-,33?,34?,35?,36?,44?,45?/m0/s1. The summed E-state index contributed by atoms with van der Waals surface area (Å²) in [4.78, 5) is 191. The Hall–Kier alpha value is -7.07. The zero-order chi connectivity index (χ0) is 61.5. The van der Waals surface area contributed by atoms with E-state index < -0.39 is 196 Å². The van der Waals surface area contributed by atoms with Crippen molar-refractivity contribution in [1.82, 2.24) is 64.9 Å². The molecular formula is C52H85F2N13O14. The lowest BCUT2D eigenvalue weighted by molar-refractivity contribution is -0.167. The lowest BCUT2D eigenvalue weighted by atomic mass is 9.97. The van der Waals surface area contributed by atoms with Gasteiger partial charge in [0.1, 0.15) is 36.3 Å². The van der Waals surface area contributed by atoms with E-state index in [0.717, 1.165) is 57.6 Å². The number of likely N-dealkylation sites (N-methyl/N-ethyl adjacent to an activating group) is 8. The number of ether oxygens (including phenoxy) is 1. The second kappa shape index (κ2) is 30.1. The number of hydrogen-bond acceptors (Lipinski definition) is 14. The van der Waals surface area contributed by atoms with Crippen molar-refractivity contribution in [2.75, 3.05) is 129 Å². The highest BCUT2D eigenvalue weighted by Crippen LogP contribution is 2.28. The fourth-order valence-electron chi connectivity index (χ4n) is 9.31. The summed E-state index contributed by atoms with van der Waals surface area (Å²) in [5.74, 6) is -14.8. The average Bonchev–Trinajstić information content (AvgIpc) is 3.45. The van der Waals surface area contributed by atoms with Crippen molar-refractivity contribution in [2.24, 2.45) is 11.8 Å². The van der Waals surface area contributed by atoms with Crippen LogP contribution in [0, 0.1) is 11.8 Å². The van der Waals surface area contributed by atoms with Crippen LogP contribution in [-0.4, -0.2) is 297 Å². The van der Waals surface area contributed by atoms with Crippen molar-refractivity contribution in [3.8, 4) is 0 Å². The number of likely N-dealkylation sites (tertiary alicyclic amines) is 2. The molecule has 3 saturated heterocycles. The zero-order valence-electron chi connectivity index (χ0n) is 49.4. The Balaban J connectivity index is 2.12. The minimum absolute atomic E-state index is 0.327. The summed E-state index contributed by atoms with van der Waals surface area (Å²) in [7, 11) is 11.4. The molecule has 3 rings (SSSR count). The lowest BCUT2D eigenvalue weighted by Gasteiger charge is -2.40. The first kappa shape index (κ1) is 68.2. The first-order chi connectivity index (χ1) is 37.7. The maximum Gasteiger partial charge on any atom is 0.282 e. The third-order valence-corrected chi connectivity index (χ3v) is 15.2.